The molecule has 11 nitrogen and oxygen atoms in total. The molecular formula is C17H19ClF2N3O8P. The number of aliphatic hydroxyl groups excluding tert-OH is 2. The third-order valence-corrected chi connectivity index (χ3v) is 6.92. The van der Waals surface area contributed by atoms with Crippen LogP contribution in [0.15, 0.2) is 35.3 Å². The van der Waals surface area contributed by atoms with E-state index in [0.29, 0.717) is 10.1 Å². The molecule has 2 aromatic rings. The fourth-order valence-electron chi connectivity index (χ4n) is 3.37. The SMILES string of the molecule is Nc1nc(=O)n([C@@H]2O[C@@](CO[PH]3(O)OCc4ccccc4O3)(C(F)F)[C@@H](O)[C@H]2O)cc1Cl. The number of fused-ring (bicyclic) bond motifs is 1. The Morgan fingerprint density at radius 1 is 1.41 bits per heavy atom. The molecule has 1 aromatic carbocycles. The minimum absolute atomic E-state index is 0.0970. The number of nitrogens with two attached hydrogens (primary N) is 1. The van der Waals surface area contributed by atoms with Crippen LogP contribution >= 0.6 is 19.8 Å². The summed E-state index contributed by atoms with van der Waals surface area (Å²) in [5.41, 5.74) is 2.14. The van der Waals surface area contributed by atoms with Crippen molar-refractivity contribution in [2.45, 2.75) is 37.1 Å². The molecule has 5 N–H and O–H groups in total. The standard InChI is InChI=1S/C17H19ClF2N3O8P/c18-9-5-23(16(26)22-13(9)21)14-11(24)12(25)17(30-14,15(19)20)7-29-32(27)28-6-8-3-1-2-4-10(8)31-32/h1-5,11-12,14-15,24-25,27,32H,6-7H2,(H2,21,22,26)/t11-,12+,14-,17-/m1/s1. The van der Waals surface area contributed by atoms with Gasteiger partial charge >= 0.3 is 184 Å². The Morgan fingerprint density at radius 3 is 2.84 bits per heavy atom. The summed E-state index contributed by atoms with van der Waals surface area (Å²) in [6, 6.07) is 6.56. The van der Waals surface area contributed by atoms with Crippen LogP contribution in [-0.4, -0.2) is 55.5 Å². The first-order valence-corrected chi connectivity index (χ1v) is 11.2. The van der Waals surface area contributed by atoms with E-state index >= 15 is 0 Å². The van der Waals surface area contributed by atoms with Crippen molar-refractivity contribution < 1.29 is 42.2 Å². The molecule has 0 bridgehead atoms. The number of halogens is 3. The molecular weight excluding hydrogens is 479 g/mol. The third kappa shape index (κ3) is 3.95. The van der Waals surface area contributed by atoms with Gasteiger partial charge in [-0.1, -0.05) is 0 Å². The van der Waals surface area contributed by atoms with Gasteiger partial charge in [-0.05, 0) is 0 Å². The van der Waals surface area contributed by atoms with Crippen LogP contribution in [0.3, 0.4) is 0 Å². The van der Waals surface area contributed by atoms with Crippen LogP contribution in [0.4, 0.5) is 14.6 Å². The number of nitrogens with zero attached hydrogens (tertiary/aromatic N) is 2. The van der Waals surface area contributed by atoms with Gasteiger partial charge in [0.2, 0.25) is 0 Å². The van der Waals surface area contributed by atoms with Crippen LogP contribution in [0.1, 0.15) is 11.8 Å². The molecule has 0 radical (unpaired) electrons. The second-order valence-electron chi connectivity index (χ2n) is 7.17. The molecule has 176 valence electrons. The molecule has 0 spiro atoms. The second kappa shape index (κ2) is 8.43. The predicted octanol–water partition coefficient (Wildman–Crippen LogP) is 0.761. The molecule has 2 aliphatic heterocycles. The molecule has 0 aliphatic carbocycles. The first-order valence-electron chi connectivity index (χ1n) is 9.20. The average molecular weight is 498 g/mol. The number of anilines is 1. The van der Waals surface area contributed by atoms with Crippen LogP contribution < -0.4 is 15.9 Å². The van der Waals surface area contributed by atoms with Gasteiger partial charge in [-0.15, -0.1) is 0 Å². The summed E-state index contributed by atoms with van der Waals surface area (Å²) < 4.78 is 49.8. The Morgan fingerprint density at radius 2 is 2.12 bits per heavy atom. The number of rotatable bonds is 5. The van der Waals surface area contributed by atoms with Crippen LogP contribution in [0.2, 0.25) is 5.02 Å². The maximum atomic E-state index is 14.1. The monoisotopic (exact) mass is 497 g/mol. The van der Waals surface area contributed by atoms with E-state index in [4.69, 9.17) is 35.6 Å². The van der Waals surface area contributed by atoms with Crippen molar-refractivity contribution in [3.63, 3.8) is 0 Å². The van der Waals surface area contributed by atoms with Crippen molar-refractivity contribution >= 4 is 25.6 Å². The van der Waals surface area contributed by atoms with Gasteiger partial charge in [-0.3, -0.25) is 0 Å². The van der Waals surface area contributed by atoms with Crippen molar-refractivity contribution in [1.29, 1.82) is 0 Å². The van der Waals surface area contributed by atoms with E-state index in [1.165, 1.54) is 6.07 Å². The summed E-state index contributed by atoms with van der Waals surface area (Å²) in [6.07, 6.45) is -8.52. The van der Waals surface area contributed by atoms with Gasteiger partial charge in [0.1, 0.15) is 0 Å². The Labute approximate surface area is 184 Å². The Kier molecular flexibility index (Phi) is 6.11. The van der Waals surface area contributed by atoms with Crippen molar-refractivity contribution in [2.24, 2.45) is 0 Å². The number of aromatic nitrogens is 2. The maximum absolute atomic E-state index is 14.1. The van der Waals surface area contributed by atoms with Gasteiger partial charge in [0.15, 0.2) is 0 Å². The van der Waals surface area contributed by atoms with E-state index in [0.717, 1.165) is 6.20 Å². The summed E-state index contributed by atoms with van der Waals surface area (Å²) in [5, 5.41) is 20.6. The second-order valence-corrected chi connectivity index (χ2v) is 9.41. The summed E-state index contributed by atoms with van der Waals surface area (Å²) >= 11 is 5.82. The van der Waals surface area contributed by atoms with Gasteiger partial charge < -0.3 is 0 Å². The quantitative estimate of drug-likeness (QED) is 0.434. The van der Waals surface area contributed by atoms with E-state index in [1.54, 1.807) is 18.2 Å². The van der Waals surface area contributed by atoms with E-state index < -0.39 is 50.9 Å². The predicted molar refractivity (Wildman–Crippen MR) is 107 cm³/mol. The molecule has 2 aliphatic rings. The zero-order valence-corrected chi connectivity index (χ0v) is 17.9. The fraction of sp³-hybridized carbons (Fsp3) is 0.412. The number of benzene rings is 1. The van der Waals surface area contributed by atoms with Crippen LogP contribution in [0.25, 0.3) is 0 Å². The molecule has 3 heterocycles. The molecule has 32 heavy (non-hydrogen) atoms. The molecule has 1 saturated heterocycles. The number of alkyl halides is 2. The molecule has 4 rings (SSSR count). The van der Waals surface area contributed by atoms with E-state index in [2.05, 4.69) is 4.98 Å². The van der Waals surface area contributed by atoms with E-state index in [-0.39, 0.29) is 23.2 Å². The third-order valence-electron chi connectivity index (χ3n) is 5.14. The zero-order chi connectivity index (χ0) is 23.3. The molecule has 4 atom stereocenters. The van der Waals surface area contributed by atoms with Crippen LogP contribution in [0, 0.1) is 0 Å². The number of para-hydroxylation sites is 1. The van der Waals surface area contributed by atoms with Gasteiger partial charge in [0.25, 0.3) is 0 Å². The number of hydrogen-bond acceptors (Lipinski definition) is 10. The summed E-state index contributed by atoms with van der Waals surface area (Å²) in [5.74, 6) is -0.0662. The van der Waals surface area contributed by atoms with E-state index in [1.807, 2.05) is 0 Å². The van der Waals surface area contributed by atoms with E-state index in [9.17, 15) is 28.7 Å². The first-order chi connectivity index (χ1) is 15.1. The van der Waals surface area contributed by atoms with Crippen LogP contribution in [0.5, 0.6) is 5.75 Å². The first kappa shape index (κ1) is 23.2. The molecule has 15 heteroatoms. The normalized spacial score (nSPS) is 30.0. The molecule has 0 unspecified atom stereocenters. The Balaban J connectivity index is 1.59. The molecule has 0 amide bonds. The summed E-state index contributed by atoms with van der Waals surface area (Å²) in [6.45, 7) is -1.23. The van der Waals surface area contributed by atoms with Gasteiger partial charge in [0, 0.05) is 0 Å². The number of hydrogen-bond donors (Lipinski definition) is 4. The Hall–Kier alpha value is -1.96. The van der Waals surface area contributed by atoms with Crippen LogP contribution in [-0.2, 0) is 20.4 Å². The van der Waals surface area contributed by atoms with Crippen molar-refractivity contribution in [1.82, 2.24) is 9.55 Å². The minimum atomic E-state index is -4.45. The van der Waals surface area contributed by atoms with Gasteiger partial charge in [-0.2, -0.15) is 0 Å². The van der Waals surface area contributed by atoms with Gasteiger partial charge in [0.05, 0.1) is 0 Å². The number of ether oxygens (including phenoxy) is 1. The molecule has 1 aromatic heterocycles. The topological polar surface area (TPSA) is 159 Å². The fourth-order valence-corrected chi connectivity index (χ4v) is 4.94. The number of nitrogen functional groups attached to an aromatic ring is 1. The number of aliphatic hydroxyl groups is 2. The summed E-state index contributed by atoms with van der Waals surface area (Å²) in [7, 11) is -4.45. The molecule has 0 saturated carbocycles. The zero-order valence-electron chi connectivity index (χ0n) is 16.1. The average Bonchev–Trinajstić information content (AvgIpc) is 3.01. The summed E-state index contributed by atoms with van der Waals surface area (Å²) in [4.78, 5) is 26.1. The van der Waals surface area contributed by atoms with Gasteiger partial charge in [-0.25, -0.2) is 0 Å². The van der Waals surface area contributed by atoms with Crippen molar-refractivity contribution in [3.8, 4) is 5.75 Å². The Bertz CT molecular complexity index is 1080. The molecule has 1 fully saturated rings. The van der Waals surface area contributed by atoms with Crippen molar-refractivity contribution in [2.75, 3.05) is 12.3 Å². The van der Waals surface area contributed by atoms with Crippen molar-refractivity contribution in [3.05, 3.63) is 51.5 Å².